The molecule has 0 saturated carbocycles. The van der Waals surface area contributed by atoms with Crippen LogP contribution in [0.2, 0.25) is 0 Å². The lowest BCUT2D eigenvalue weighted by Crippen LogP contribution is -2.42. The summed E-state index contributed by atoms with van der Waals surface area (Å²) in [5.74, 6) is -0.105. The first-order valence-electron chi connectivity index (χ1n) is 11.3. The van der Waals surface area contributed by atoms with Crippen LogP contribution in [0.5, 0.6) is 5.75 Å². The van der Waals surface area contributed by atoms with Gasteiger partial charge in [0.2, 0.25) is 5.91 Å². The molecule has 2 aromatic carbocycles. The molecule has 1 aliphatic heterocycles. The lowest BCUT2D eigenvalue weighted by atomic mass is 10.1. The second-order valence-corrected chi connectivity index (χ2v) is 10.0. The summed E-state index contributed by atoms with van der Waals surface area (Å²) in [7, 11) is -2.50. The third kappa shape index (κ3) is 6.06. The Hall–Kier alpha value is -3.11. The lowest BCUT2D eigenvalue weighted by Gasteiger charge is -2.20. The molecule has 0 bridgehead atoms. The number of carbonyl (C=O) groups excluding carboxylic acids is 2. The number of rotatable bonds is 11. The largest absolute Gasteiger partial charge is 0.497 e. The summed E-state index contributed by atoms with van der Waals surface area (Å²) < 4.78 is 33.4. The van der Waals surface area contributed by atoms with E-state index in [9.17, 15) is 18.0 Å². The van der Waals surface area contributed by atoms with E-state index in [-0.39, 0.29) is 25.4 Å². The van der Waals surface area contributed by atoms with Crippen molar-refractivity contribution in [2.24, 2.45) is 5.73 Å². The predicted octanol–water partition coefficient (Wildman–Crippen LogP) is 1.97. The lowest BCUT2D eigenvalue weighted by molar-refractivity contribution is -0.124. The van der Waals surface area contributed by atoms with Crippen molar-refractivity contribution in [3.63, 3.8) is 0 Å². The number of hydrogen-bond acceptors (Lipinski definition) is 6. The van der Waals surface area contributed by atoms with Gasteiger partial charge in [0.15, 0.2) is 0 Å². The Morgan fingerprint density at radius 2 is 1.88 bits per heavy atom. The van der Waals surface area contributed by atoms with Crippen molar-refractivity contribution in [3.05, 3.63) is 59.7 Å². The summed E-state index contributed by atoms with van der Waals surface area (Å²) in [6, 6.07) is 12.9. The maximum atomic E-state index is 13.2. The number of carbonyl (C=O) groups is 2. The summed E-state index contributed by atoms with van der Waals surface area (Å²) in [5.41, 5.74) is 7.80. The number of amides is 2. The van der Waals surface area contributed by atoms with Gasteiger partial charge in [-0.1, -0.05) is 44.0 Å². The van der Waals surface area contributed by atoms with Crippen LogP contribution in [0.4, 0.5) is 5.69 Å². The average molecular weight is 489 g/mol. The molecule has 1 unspecified atom stereocenters. The van der Waals surface area contributed by atoms with Crippen molar-refractivity contribution in [2.45, 2.75) is 45.2 Å². The number of unbranched alkanes of at least 4 members (excludes halogenated alkanes) is 2. The minimum atomic E-state index is -4.05. The molecular weight excluding hydrogens is 456 g/mol. The quantitative estimate of drug-likeness (QED) is 0.466. The van der Waals surface area contributed by atoms with E-state index in [1.807, 2.05) is 0 Å². The van der Waals surface area contributed by atoms with Gasteiger partial charge in [-0.05, 0) is 48.2 Å². The number of nitrogens with two attached hydrogens (primary N) is 1. The molecule has 2 amide bonds. The van der Waals surface area contributed by atoms with Gasteiger partial charge < -0.3 is 15.8 Å². The van der Waals surface area contributed by atoms with E-state index in [0.717, 1.165) is 27.9 Å². The van der Waals surface area contributed by atoms with Gasteiger partial charge in [0, 0.05) is 6.54 Å². The molecule has 9 nitrogen and oxygen atoms in total. The van der Waals surface area contributed by atoms with E-state index in [2.05, 4.69) is 12.2 Å². The molecule has 1 atom stereocenters. The zero-order valence-corrected chi connectivity index (χ0v) is 20.4. The van der Waals surface area contributed by atoms with E-state index in [0.29, 0.717) is 29.1 Å². The van der Waals surface area contributed by atoms with Crippen LogP contribution in [0.15, 0.2) is 48.5 Å². The Balaban J connectivity index is 1.69. The molecule has 2 aromatic rings. The van der Waals surface area contributed by atoms with Gasteiger partial charge >= 0.3 is 10.2 Å². The minimum absolute atomic E-state index is 0.0651. The highest BCUT2D eigenvalue weighted by molar-refractivity contribution is 7.91. The summed E-state index contributed by atoms with van der Waals surface area (Å²) >= 11 is 0. The number of ether oxygens (including phenoxy) is 1. The van der Waals surface area contributed by atoms with Crippen LogP contribution in [0.25, 0.3) is 0 Å². The molecule has 34 heavy (non-hydrogen) atoms. The summed E-state index contributed by atoms with van der Waals surface area (Å²) in [4.78, 5) is 24.9. The summed E-state index contributed by atoms with van der Waals surface area (Å²) in [6.45, 7) is 2.32. The molecule has 0 radical (unpaired) electrons. The Bertz CT molecular complexity index is 1100. The highest BCUT2D eigenvalue weighted by Gasteiger charge is 2.42. The van der Waals surface area contributed by atoms with Crippen molar-refractivity contribution in [1.29, 1.82) is 0 Å². The van der Waals surface area contributed by atoms with Gasteiger partial charge in [0.05, 0.1) is 25.4 Å². The van der Waals surface area contributed by atoms with Crippen molar-refractivity contribution in [2.75, 3.05) is 24.5 Å². The van der Waals surface area contributed by atoms with Crippen LogP contribution in [0.1, 0.15) is 37.3 Å². The molecule has 1 aliphatic rings. The maximum Gasteiger partial charge on any atom is 0.329 e. The highest BCUT2D eigenvalue weighted by atomic mass is 32.2. The summed E-state index contributed by atoms with van der Waals surface area (Å²) in [6.07, 6.45) is 3.26. The fourth-order valence-corrected chi connectivity index (χ4v) is 5.24. The van der Waals surface area contributed by atoms with Gasteiger partial charge in [0.25, 0.3) is 5.91 Å². The SMILES string of the molecule is CCCCCNC(=O)C(N)Cc1cccc(N2CC(=O)N(Cc3ccc(OC)cc3)S2(=O)=O)c1. The van der Waals surface area contributed by atoms with E-state index >= 15 is 0 Å². The van der Waals surface area contributed by atoms with Crippen molar-refractivity contribution < 1.29 is 22.7 Å². The molecule has 0 aliphatic carbocycles. The molecule has 1 saturated heterocycles. The molecule has 1 heterocycles. The zero-order valence-electron chi connectivity index (χ0n) is 19.6. The van der Waals surface area contributed by atoms with E-state index in [1.165, 1.54) is 0 Å². The van der Waals surface area contributed by atoms with Crippen LogP contribution >= 0.6 is 0 Å². The fourth-order valence-electron chi connectivity index (χ4n) is 3.72. The molecule has 0 aromatic heterocycles. The predicted molar refractivity (Wildman–Crippen MR) is 130 cm³/mol. The topological polar surface area (TPSA) is 122 Å². The average Bonchev–Trinajstić information content (AvgIpc) is 3.05. The Morgan fingerprint density at radius 3 is 2.56 bits per heavy atom. The molecule has 1 fully saturated rings. The molecule has 3 N–H and O–H groups in total. The molecule has 3 rings (SSSR count). The minimum Gasteiger partial charge on any atom is -0.497 e. The van der Waals surface area contributed by atoms with Gasteiger partial charge in [-0.25, -0.2) is 8.61 Å². The highest BCUT2D eigenvalue weighted by Crippen LogP contribution is 2.28. The normalized spacial score (nSPS) is 15.9. The number of methoxy groups -OCH3 is 1. The third-order valence-corrected chi connectivity index (χ3v) is 7.46. The van der Waals surface area contributed by atoms with Crippen LogP contribution in [-0.4, -0.2) is 50.8 Å². The zero-order chi connectivity index (χ0) is 24.7. The first-order chi connectivity index (χ1) is 16.3. The smallest absolute Gasteiger partial charge is 0.329 e. The number of hydrogen-bond donors (Lipinski definition) is 2. The van der Waals surface area contributed by atoms with E-state index in [4.69, 9.17) is 10.5 Å². The maximum absolute atomic E-state index is 13.2. The fraction of sp³-hybridized carbons (Fsp3) is 0.417. The van der Waals surface area contributed by atoms with Gasteiger partial charge in [-0.15, -0.1) is 0 Å². The monoisotopic (exact) mass is 488 g/mol. The van der Waals surface area contributed by atoms with Crippen molar-refractivity contribution in [3.8, 4) is 5.75 Å². The van der Waals surface area contributed by atoms with Crippen LogP contribution in [0, 0.1) is 0 Å². The number of anilines is 1. The number of nitrogens with one attached hydrogen (secondary N) is 1. The Labute approximate surface area is 201 Å². The summed E-state index contributed by atoms with van der Waals surface area (Å²) in [5, 5.41) is 2.83. The van der Waals surface area contributed by atoms with Crippen LogP contribution in [-0.2, 0) is 32.8 Å². The molecular formula is C24H32N4O5S. The van der Waals surface area contributed by atoms with E-state index < -0.39 is 22.2 Å². The van der Waals surface area contributed by atoms with Crippen LogP contribution in [0.3, 0.4) is 0 Å². The van der Waals surface area contributed by atoms with Gasteiger partial charge in [-0.2, -0.15) is 8.42 Å². The van der Waals surface area contributed by atoms with Gasteiger partial charge in [-0.3, -0.25) is 9.59 Å². The van der Waals surface area contributed by atoms with Crippen LogP contribution < -0.4 is 20.1 Å². The standard InChI is InChI=1S/C24H32N4O5S/c1-3-4-5-13-26-24(30)22(25)15-19-7-6-8-20(14-19)27-17-23(29)28(34(27,31)32)16-18-9-11-21(33-2)12-10-18/h6-12,14,22H,3-5,13,15-17,25H2,1-2H3,(H,26,30). The van der Waals surface area contributed by atoms with Crippen molar-refractivity contribution >= 4 is 27.7 Å². The molecule has 0 spiro atoms. The number of nitrogens with zero attached hydrogens (tertiary/aromatic N) is 2. The Kier molecular flexibility index (Phi) is 8.51. The second-order valence-electron chi connectivity index (χ2n) is 8.24. The van der Waals surface area contributed by atoms with E-state index in [1.54, 1.807) is 55.6 Å². The molecule has 184 valence electrons. The first kappa shape index (κ1) is 25.5. The Morgan fingerprint density at radius 1 is 1.15 bits per heavy atom. The van der Waals surface area contributed by atoms with Gasteiger partial charge in [0.1, 0.15) is 12.3 Å². The van der Waals surface area contributed by atoms with Crippen molar-refractivity contribution in [1.82, 2.24) is 9.62 Å². The molecule has 10 heteroatoms. The number of benzene rings is 2. The second kappa shape index (κ2) is 11.3. The first-order valence-corrected chi connectivity index (χ1v) is 12.7. The third-order valence-electron chi connectivity index (χ3n) is 5.67.